The fourth-order valence-corrected chi connectivity index (χ4v) is 3.47. The Labute approximate surface area is 154 Å². The minimum atomic E-state index is -3.66. The van der Waals surface area contributed by atoms with Gasteiger partial charge in [-0.1, -0.05) is 32.0 Å². The largest absolute Gasteiger partial charge is 0.492 e. The van der Waals surface area contributed by atoms with E-state index in [1.54, 1.807) is 30.3 Å². The Bertz CT molecular complexity index is 863. The van der Waals surface area contributed by atoms with Crippen LogP contribution < -0.4 is 14.8 Å². The molecule has 0 saturated heterocycles. The lowest BCUT2D eigenvalue weighted by Gasteiger charge is -2.12. The average molecular weight is 376 g/mol. The van der Waals surface area contributed by atoms with E-state index in [-0.39, 0.29) is 16.4 Å². The summed E-state index contributed by atoms with van der Waals surface area (Å²) in [6, 6.07) is 13.0. The van der Waals surface area contributed by atoms with Crippen molar-refractivity contribution in [3.63, 3.8) is 0 Å². The number of carbonyl (C=O) groups excluding carboxylic acids is 1. The summed E-state index contributed by atoms with van der Waals surface area (Å²) in [6.07, 6.45) is 0. The first-order chi connectivity index (χ1) is 12.3. The molecule has 0 bridgehead atoms. The molecule has 0 radical (unpaired) electrons. The minimum absolute atomic E-state index is 0.0592. The van der Waals surface area contributed by atoms with E-state index >= 15 is 0 Å². The van der Waals surface area contributed by atoms with Crippen molar-refractivity contribution in [2.24, 2.45) is 5.92 Å². The Hall–Kier alpha value is -2.38. The number of carbonyl (C=O) groups is 1. The third kappa shape index (κ3) is 5.31. The predicted octanol–water partition coefficient (Wildman–Crippen LogP) is 3.27. The Morgan fingerprint density at radius 3 is 2.54 bits per heavy atom. The van der Waals surface area contributed by atoms with Crippen molar-refractivity contribution in [1.29, 1.82) is 0 Å². The second-order valence-corrected chi connectivity index (χ2v) is 7.92. The molecule has 140 valence electrons. The van der Waals surface area contributed by atoms with Gasteiger partial charge in [0.15, 0.2) is 0 Å². The van der Waals surface area contributed by atoms with Crippen molar-refractivity contribution in [2.45, 2.75) is 25.7 Å². The van der Waals surface area contributed by atoms with Crippen LogP contribution in [-0.4, -0.2) is 27.5 Å². The van der Waals surface area contributed by atoms with E-state index in [0.29, 0.717) is 24.6 Å². The molecule has 0 fully saturated rings. The van der Waals surface area contributed by atoms with Gasteiger partial charge in [0.1, 0.15) is 5.75 Å². The Morgan fingerprint density at radius 2 is 1.85 bits per heavy atom. The predicted molar refractivity (Wildman–Crippen MR) is 102 cm³/mol. The smallest absolute Gasteiger partial charge is 0.255 e. The molecule has 7 heteroatoms. The van der Waals surface area contributed by atoms with E-state index in [9.17, 15) is 13.2 Å². The quantitative estimate of drug-likeness (QED) is 0.740. The van der Waals surface area contributed by atoms with Crippen LogP contribution in [0.5, 0.6) is 5.75 Å². The highest BCUT2D eigenvalue weighted by Crippen LogP contribution is 2.24. The molecule has 26 heavy (non-hydrogen) atoms. The van der Waals surface area contributed by atoms with Crippen LogP contribution >= 0.6 is 0 Å². The molecular weight excluding hydrogens is 352 g/mol. The second kappa shape index (κ2) is 8.82. The van der Waals surface area contributed by atoms with Gasteiger partial charge < -0.3 is 10.1 Å². The van der Waals surface area contributed by atoms with Gasteiger partial charge in [-0.2, -0.15) is 0 Å². The van der Waals surface area contributed by atoms with Gasteiger partial charge in [0, 0.05) is 12.1 Å². The monoisotopic (exact) mass is 376 g/mol. The van der Waals surface area contributed by atoms with Gasteiger partial charge in [-0.3, -0.25) is 4.79 Å². The summed E-state index contributed by atoms with van der Waals surface area (Å²) in [4.78, 5) is 12.6. The van der Waals surface area contributed by atoms with Crippen molar-refractivity contribution >= 4 is 21.6 Å². The number of hydrogen-bond donors (Lipinski definition) is 2. The number of benzene rings is 2. The molecule has 0 unspecified atom stereocenters. The molecule has 0 aromatic heterocycles. The van der Waals surface area contributed by atoms with Crippen LogP contribution in [0.3, 0.4) is 0 Å². The number of amides is 1. The second-order valence-electron chi connectivity index (χ2n) is 6.16. The fourth-order valence-electron chi connectivity index (χ4n) is 2.21. The molecule has 6 nitrogen and oxygen atoms in total. The summed E-state index contributed by atoms with van der Waals surface area (Å²) < 4.78 is 32.7. The Balaban J connectivity index is 2.21. The molecule has 0 heterocycles. The molecule has 0 aliphatic carbocycles. The number of sulfonamides is 1. The number of rotatable bonds is 8. The molecule has 0 saturated carbocycles. The zero-order chi connectivity index (χ0) is 19.2. The first-order valence-electron chi connectivity index (χ1n) is 8.46. The summed E-state index contributed by atoms with van der Waals surface area (Å²) >= 11 is 0. The van der Waals surface area contributed by atoms with E-state index in [0.717, 1.165) is 0 Å². The van der Waals surface area contributed by atoms with E-state index in [1.807, 2.05) is 26.8 Å². The van der Waals surface area contributed by atoms with Crippen LogP contribution in [0.25, 0.3) is 0 Å². The number of para-hydroxylation sites is 2. The highest BCUT2D eigenvalue weighted by atomic mass is 32.2. The SMILES string of the molecule is CCOc1ccccc1NC(=O)c1cccc(S(=O)(=O)NCC(C)C)c1. The molecule has 2 aromatic rings. The first-order valence-corrected chi connectivity index (χ1v) is 9.94. The van der Waals surface area contributed by atoms with Crippen molar-refractivity contribution < 1.29 is 17.9 Å². The highest BCUT2D eigenvalue weighted by Gasteiger charge is 2.17. The molecular formula is C19H24N2O4S. The lowest BCUT2D eigenvalue weighted by atomic mass is 10.2. The fraction of sp³-hybridized carbons (Fsp3) is 0.316. The third-order valence-corrected chi connectivity index (χ3v) is 4.94. The van der Waals surface area contributed by atoms with E-state index in [1.165, 1.54) is 12.1 Å². The number of ether oxygens (including phenoxy) is 1. The molecule has 2 N–H and O–H groups in total. The molecule has 0 aliphatic rings. The maximum Gasteiger partial charge on any atom is 0.255 e. The van der Waals surface area contributed by atoms with Gasteiger partial charge in [0.2, 0.25) is 10.0 Å². The van der Waals surface area contributed by atoms with Crippen LogP contribution in [-0.2, 0) is 10.0 Å². The number of hydrogen-bond acceptors (Lipinski definition) is 4. The van der Waals surface area contributed by atoms with Gasteiger partial charge in [0.25, 0.3) is 5.91 Å². The average Bonchev–Trinajstić information content (AvgIpc) is 2.62. The maximum absolute atomic E-state index is 12.5. The normalized spacial score (nSPS) is 11.4. The summed E-state index contributed by atoms with van der Waals surface area (Å²) in [5.74, 6) is 0.343. The lowest BCUT2D eigenvalue weighted by molar-refractivity contribution is 0.102. The van der Waals surface area contributed by atoms with Crippen LogP contribution in [0.15, 0.2) is 53.4 Å². The van der Waals surface area contributed by atoms with E-state index < -0.39 is 15.9 Å². The lowest BCUT2D eigenvalue weighted by Crippen LogP contribution is -2.27. The van der Waals surface area contributed by atoms with Gasteiger partial charge >= 0.3 is 0 Å². The molecule has 0 atom stereocenters. The first kappa shape index (κ1) is 19.9. The molecule has 1 amide bonds. The summed E-state index contributed by atoms with van der Waals surface area (Å²) in [5, 5.41) is 2.76. The zero-order valence-corrected chi connectivity index (χ0v) is 16.0. The van der Waals surface area contributed by atoms with E-state index in [2.05, 4.69) is 10.0 Å². The topological polar surface area (TPSA) is 84.5 Å². The highest BCUT2D eigenvalue weighted by molar-refractivity contribution is 7.89. The summed E-state index contributed by atoms with van der Waals surface area (Å²) in [7, 11) is -3.66. The van der Waals surface area contributed by atoms with Crippen molar-refractivity contribution in [2.75, 3.05) is 18.5 Å². The van der Waals surface area contributed by atoms with Gasteiger partial charge in [0.05, 0.1) is 17.2 Å². The summed E-state index contributed by atoms with van der Waals surface area (Å²) in [6.45, 7) is 6.50. The molecule has 2 rings (SSSR count). The van der Waals surface area contributed by atoms with Crippen molar-refractivity contribution in [3.8, 4) is 5.75 Å². The van der Waals surface area contributed by atoms with E-state index in [4.69, 9.17) is 4.74 Å². The summed E-state index contributed by atoms with van der Waals surface area (Å²) in [5.41, 5.74) is 0.786. The number of nitrogens with one attached hydrogen (secondary N) is 2. The van der Waals surface area contributed by atoms with Crippen LogP contribution in [0.1, 0.15) is 31.1 Å². The van der Waals surface area contributed by atoms with Crippen molar-refractivity contribution in [3.05, 3.63) is 54.1 Å². The van der Waals surface area contributed by atoms with Crippen LogP contribution in [0.2, 0.25) is 0 Å². The van der Waals surface area contributed by atoms with Crippen LogP contribution in [0, 0.1) is 5.92 Å². The standard InChI is InChI=1S/C19H24N2O4S/c1-4-25-18-11-6-5-10-17(18)21-19(22)15-8-7-9-16(12-15)26(23,24)20-13-14(2)3/h5-12,14,20H,4,13H2,1-3H3,(H,21,22). The number of anilines is 1. The maximum atomic E-state index is 12.5. The molecule has 2 aromatic carbocycles. The van der Waals surface area contributed by atoms with Gasteiger partial charge in [-0.25, -0.2) is 13.1 Å². The third-order valence-electron chi connectivity index (χ3n) is 3.52. The zero-order valence-electron chi connectivity index (χ0n) is 15.2. The minimum Gasteiger partial charge on any atom is -0.492 e. The van der Waals surface area contributed by atoms with Gasteiger partial charge in [-0.05, 0) is 43.2 Å². The molecule has 0 spiro atoms. The van der Waals surface area contributed by atoms with Crippen molar-refractivity contribution in [1.82, 2.24) is 4.72 Å². The Kier molecular flexibility index (Phi) is 6.76. The van der Waals surface area contributed by atoms with Gasteiger partial charge in [-0.15, -0.1) is 0 Å². The van der Waals surface area contributed by atoms with Crippen LogP contribution in [0.4, 0.5) is 5.69 Å². The Morgan fingerprint density at radius 1 is 1.12 bits per heavy atom. The molecule has 0 aliphatic heterocycles.